The Labute approximate surface area is 191 Å². The molecule has 34 heavy (non-hydrogen) atoms. The molecule has 0 N–H and O–H groups in total. The highest BCUT2D eigenvalue weighted by Crippen LogP contribution is 2.64. The molecule has 0 atom stereocenters. The molecule has 0 aromatic heterocycles. The molecule has 0 aromatic rings. The lowest BCUT2D eigenvalue weighted by molar-refractivity contribution is -0.837. The van der Waals surface area contributed by atoms with Gasteiger partial charge in [-0.05, 0) is 0 Å². The first-order valence-corrected chi connectivity index (χ1v) is 7.22. The van der Waals surface area contributed by atoms with Gasteiger partial charge in [-0.1, -0.05) is 0 Å². The fraction of sp³-hybridized carbons (Fsp3) is 0.889. The van der Waals surface area contributed by atoms with Crippen molar-refractivity contribution in [2.45, 2.75) is 47.8 Å². The van der Waals surface area contributed by atoms with Crippen molar-refractivity contribution in [2.75, 3.05) is 0 Å². The number of halogens is 22. The second-order valence-electron chi connectivity index (χ2n) is 5.36. The molecular weight excluding hydrogens is 694 g/mol. The Morgan fingerprint density at radius 2 is 0.794 bits per heavy atom. The number of hydrogen-bond acceptors (Lipinski definition) is 1. The second-order valence-corrected chi connectivity index (χ2v) is 5.88. The van der Waals surface area contributed by atoms with Gasteiger partial charge in [-0.15, -0.1) is 0 Å². The van der Waals surface area contributed by atoms with Crippen LogP contribution in [0.3, 0.4) is 0 Å². The molecule has 0 aliphatic heterocycles. The topological polar surface area (TPSA) is 6.25 Å². The summed E-state index contributed by atoms with van der Waals surface area (Å²) in [5.41, 5.74) is 0. The van der Waals surface area contributed by atoms with Crippen LogP contribution in [0, 0.1) is 0 Å². The molecule has 0 fully saturated rings. The lowest BCUT2D eigenvalue weighted by Crippen LogP contribution is -3.00. The highest BCUT2D eigenvalue weighted by Gasteiger charge is 2.96. The number of alkyl halides is 17. The van der Waals surface area contributed by atoms with Crippen LogP contribution in [0.15, 0.2) is 0 Å². The summed E-state index contributed by atoms with van der Waals surface area (Å²) < 4.78 is 268. The third kappa shape index (κ3) is 4.61. The van der Waals surface area contributed by atoms with Gasteiger partial charge in [0.05, 0.1) is 0 Å². The van der Waals surface area contributed by atoms with Gasteiger partial charge in [0.15, 0.2) is 12.1 Å². The highest BCUT2D eigenvalue weighted by molar-refractivity contribution is 8.09. The van der Waals surface area contributed by atoms with Crippen LogP contribution in [0.2, 0.25) is 0 Å². The Kier molecular flexibility index (Phi) is 9.86. The van der Waals surface area contributed by atoms with Crippen molar-refractivity contribution < 1.29 is 121 Å². The summed E-state index contributed by atoms with van der Waals surface area (Å²) in [5.74, 6) is -52.7. The Bertz CT molecular complexity index is 756. The van der Waals surface area contributed by atoms with Gasteiger partial charge in [0.1, 0.15) is 5.34 Å². The fourth-order valence-corrected chi connectivity index (χ4v) is 1.75. The summed E-state index contributed by atoms with van der Waals surface area (Å²) in [6.07, 6.45) is -7.96. The van der Waals surface area contributed by atoms with Crippen LogP contribution in [-0.2, 0) is 0 Å². The summed E-state index contributed by atoms with van der Waals surface area (Å²) in [6.45, 7) is 0. The average Bonchev–Trinajstić information content (AvgIpc) is 2.59. The number of hydrogen-bond donors (Lipinski definition) is 0. The SMILES string of the molecule is FSC(N(F)F)=[N+](F)C(F)(F)C(F)(F)C(F)(F)C(F)(F)C(F)(F)C(F)(F)C(F)(F)C(F)(F)F.[I-]. The van der Waals surface area contributed by atoms with Gasteiger partial charge >= 0.3 is 52.9 Å². The molecule has 0 aliphatic rings. The minimum atomic E-state index is -9.03. The average molecular weight is 694 g/mol. The first-order valence-electron chi connectivity index (χ1n) is 6.50. The van der Waals surface area contributed by atoms with Gasteiger partial charge in [-0.2, -0.15) is 78.5 Å². The van der Waals surface area contributed by atoms with E-state index < -0.39 is 75.2 Å². The molecule has 2 nitrogen and oxygen atoms in total. The zero-order valence-electron chi connectivity index (χ0n) is 14.1. The van der Waals surface area contributed by atoms with E-state index in [0.29, 0.717) is 0 Å². The predicted octanol–water partition coefficient (Wildman–Crippen LogP) is 3.90. The van der Waals surface area contributed by atoms with Gasteiger partial charge < -0.3 is 24.0 Å². The van der Waals surface area contributed by atoms with Crippen LogP contribution < -0.4 is 24.0 Å². The Morgan fingerprint density at radius 1 is 0.529 bits per heavy atom. The first kappa shape index (κ1) is 35.2. The quantitative estimate of drug-likeness (QED) is 0.0998. The number of amidine groups is 1. The first-order chi connectivity index (χ1) is 14.1. The summed E-state index contributed by atoms with van der Waals surface area (Å²) in [6, 6.07) is -8.00. The van der Waals surface area contributed by atoms with Crippen molar-refractivity contribution in [3.63, 3.8) is 0 Å². The van der Waals surface area contributed by atoms with E-state index in [1.807, 2.05) is 0 Å². The largest absolute Gasteiger partial charge is 1.00 e. The van der Waals surface area contributed by atoms with Gasteiger partial charge in [-0.25, -0.2) is 0 Å². The van der Waals surface area contributed by atoms with Gasteiger partial charge in [-0.3, -0.25) is 0 Å². The Morgan fingerprint density at radius 3 is 1.03 bits per heavy atom. The van der Waals surface area contributed by atoms with Crippen LogP contribution in [0.25, 0.3) is 0 Å². The minimum absolute atomic E-state index is 0. The van der Waals surface area contributed by atoms with E-state index in [2.05, 4.69) is 0 Å². The van der Waals surface area contributed by atoms with Crippen LogP contribution >= 0.6 is 12.1 Å². The zero-order valence-corrected chi connectivity index (χ0v) is 17.1. The van der Waals surface area contributed by atoms with Crippen LogP contribution in [0.1, 0.15) is 0 Å². The number of rotatable bonds is 7. The third-order valence-corrected chi connectivity index (χ3v) is 3.77. The maximum absolute atomic E-state index is 13.3. The molecule has 0 aromatic carbocycles. The van der Waals surface area contributed by atoms with E-state index in [9.17, 15) is 92.0 Å². The summed E-state index contributed by atoms with van der Waals surface area (Å²) >= 11 is -2.53. The molecule has 0 amide bonds. The van der Waals surface area contributed by atoms with Crippen LogP contribution in [0.4, 0.5) is 92.0 Å². The molecule has 0 unspecified atom stereocenters. The van der Waals surface area contributed by atoms with Crippen LogP contribution in [0.5, 0.6) is 0 Å². The maximum Gasteiger partial charge on any atom is 0.499 e. The monoisotopic (exact) mass is 694 g/mol. The summed E-state index contributed by atoms with van der Waals surface area (Å²) in [4.78, 5) is -3.78. The van der Waals surface area contributed by atoms with Crippen molar-refractivity contribution in [2.24, 2.45) is 0 Å². The van der Waals surface area contributed by atoms with Crippen molar-refractivity contribution in [1.82, 2.24) is 5.34 Å². The Balaban J connectivity index is 0. The van der Waals surface area contributed by atoms with E-state index in [1.54, 1.807) is 0 Å². The Hall–Kier alpha value is -0.920. The third-order valence-electron chi connectivity index (χ3n) is 3.33. The molecule has 0 radical (unpaired) electrons. The summed E-state index contributed by atoms with van der Waals surface area (Å²) in [5, 5.41) is -7.02. The molecule has 0 spiro atoms. The highest BCUT2D eigenvalue weighted by atomic mass is 127. The van der Waals surface area contributed by atoms with Crippen molar-refractivity contribution in [3.05, 3.63) is 0 Å². The number of nitrogens with zero attached hydrogens (tertiary/aromatic N) is 2. The normalized spacial score (nSPS) is 16.1. The van der Waals surface area contributed by atoms with Crippen molar-refractivity contribution >= 4 is 17.3 Å². The van der Waals surface area contributed by atoms with E-state index in [1.165, 1.54) is 0 Å². The molecule has 0 saturated carbocycles. The lowest BCUT2D eigenvalue weighted by atomic mass is 9.90. The fourth-order valence-electron chi connectivity index (χ4n) is 1.52. The zero-order chi connectivity index (χ0) is 27.4. The summed E-state index contributed by atoms with van der Waals surface area (Å²) in [7, 11) is 0. The minimum Gasteiger partial charge on any atom is -1.00 e. The molecule has 0 aliphatic carbocycles. The standard InChI is InChI=1S/C9F21N2S.HI/c10-2(11,4(14,15)6(18,19)8(22,23)24)3(12,13)5(16,17)7(20,21)9(25,26)31(27)1(33-30)32(28)29;/h;1H/q+1;/p-1. The molecule has 206 valence electrons. The smallest absolute Gasteiger partial charge is 0.499 e. The van der Waals surface area contributed by atoms with E-state index >= 15 is 0 Å². The van der Waals surface area contributed by atoms with Crippen molar-refractivity contribution in [1.29, 1.82) is 0 Å². The van der Waals surface area contributed by atoms with E-state index in [4.69, 9.17) is 0 Å². The molecular formula is C9F21IN2S. The molecule has 0 heterocycles. The second kappa shape index (κ2) is 9.51. The van der Waals surface area contributed by atoms with E-state index in [-0.39, 0.29) is 24.0 Å². The van der Waals surface area contributed by atoms with Crippen LogP contribution in [-0.4, -0.2) is 63.1 Å². The molecule has 0 bridgehead atoms. The lowest BCUT2D eigenvalue weighted by Gasteiger charge is -2.41. The van der Waals surface area contributed by atoms with Gasteiger partial charge in [0.25, 0.3) is 0 Å². The molecule has 0 rings (SSSR count). The van der Waals surface area contributed by atoms with E-state index in [0.717, 1.165) is 0 Å². The molecule has 25 heteroatoms. The predicted molar refractivity (Wildman–Crippen MR) is 59.8 cm³/mol. The van der Waals surface area contributed by atoms with Crippen molar-refractivity contribution in [3.8, 4) is 0 Å². The maximum atomic E-state index is 13.3. The van der Waals surface area contributed by atoms with Gasteiger partial charge in [0.2, 0.25) is 0 Å². The molecule has 0 saturated heterocycles. The van der Waals surface area contributed by atoms with Gasteiger partial charge in [0, 0.05) is 18.2 Å².